The minimum Gasteiger partial charge on any atom is -0.465 e. The van der Waals surface area contributed by atoms with Crippen molar-refractivity contribution in [2.75, 3.05) is 12.4 Å². The van der Waals surface area contributed by atoms with E-state index in [2.05, 4.69) is 10.3 Å². The molecule has 0 saturated heterocycles. The van der Waals surface area contributed by atoms with Crippen LogP contribution in [0.2, 0.25) is 0 Å². The van der Waals surface area contributed by atoms with Crippen LogP contribution < -0.4 is 5.32 Å². The number of aromatic nitrogens is 1. The Kier molecular flexibility index (Phi) is 4.33. The summed E-state index contributed by atoms with van der Waals surface area (Å²) >= 11 is 3.30. The van der Waals surface area contributed by atoms with Crippen LogP contribution in [0.5, 0.6) is 0 Å². The van der Waals surface area contributed by atoms with E-state index in [4.69, 9.17) is 4.74 Å². The molecule has 4 nitrogen and oxygen atoms in total. The van der Waals surface area contributed by atoms with Crippen LogP contribution in [0, 0.1) is 5.92 Å². The molecule has 2 aliphatic carbocycles. The molecule has 1 aromatic rings. The fourth-order valence-electron chi connectivity index (χ4n) is 2.45. The van der Waals surface area contributed by atoms with Crippen molar-refractivity contribution >= 4 is 29.1 Å². The number of esters is 1. The van der Waals surface area contributed by atoms with Crippen LogP contribution in [0.1, 0.15) is 32.6 Å². The van der Waals surface area contributed by atoms with E-state index in [1.54, 1.807) is 23.1 Å². The topological polar surface area (TPSA) is 51.2 Å². The maximum absolute atomic E-state index is 12.6. The zero-order valence-corrected chi connectivity index (χ0v) is 13.3. The van der Waals surface area contributed by atoms with Crippen LogP contribution in [-0.2, 0) is 9.53 Å². The summed E-state index contributed by atoms with van der Waals surface area (Å²) in [5.74, 6) is 1.08. The molecule has 20 heavy (non-hydrogen) atoms. The molecule has 2 aliphatic rings. The molecule has 0 spiro atoms. The highest BCUT2D eigenvalue weighted by Crippen LogP contribution is 2.45. The summed E-state index contributed by atoms with van der Waals surface area (Å²) in [6.45, 7) is 2.32. The number of ether oxygens (including phenoxy) is 1. The third-order valence-electron chi connectivity index (χ3n) is 3.79. The van der Waals surface area contributed by atoms with E-state index < -0.39 is 5.54 Å². The highest BCUT2D eigenvalue weighted by molar-refractivity contribution is 8.01. The van der Waals surface area contributed by atoms with E-state index in [-0.39, 0.29) is 5.97 Å². The Bertz CT molecular complexity index is 458. The largest absolute Gasteiger partial charge is 0.465 e. The van der Waals surface area contributed by atoms with Gasteiger partial charge in [0, 0.05) is 23.4 Å². The molecule has 0 aliphatic heterocycles. The molecular formula is C14H20N2O2S2. The Morgan fingerprint density at radius 2 is 2.35 bits per heavy atom. The highest BCUT2D eigenvalue weighted by Gasteiger charge is 2.54. The summed E-state index contributed by atoms with van der Waals surface area (Å²) < 4.78 is 6.40. The van der Waals surface area contributed by atoms with Crippen LogP contribution >= 0.6 is 23.1 Å². The van der Waals surface area contributed by atoms with Crippen molar-refractivity contribution in [2.24, 2.45) is 5.92 Å². The lowest BCUT2D eigenvalue weighted by atomic mass is 9.95. The quantitative estimate of drug-likeness (QED) is 0.591. The van der Waals surface area contributed by atoms with Crippen molar-refractivity contribution in [1.82, 2.24) is 10.3 Å². The first-order chi connectivity index (χ1) is 9.74. The van der Waals surface area contributed by atoms with E-state index in [1.165, 1.54) is 12.8 Å². The number of carbonyl (C=O) groups excluding carboxylic acids is 1. The van der Waals surface area contributed by atoms with Crippen molar-refractivity contribution in [3.63, 3.8) is 0 Å². The summed E-state index contributed by atoms with van der Waals surface area (Å²) in [7, 11) is 0. The third kappa shape index (κ3) is 3.18. The van der Waals surface area contributed by atoms with Gasteiger partial charge in [0.25, 0.3) is 0 Å². The molecule has 6 heteroatoms. The molecule has 0 bridgehead atoms. The standard InChI is InChI=1S/C14H20N2O2S2/c1-2-18-12(17)14(10-3-4-10,16-11-5-6-11)9-20-13-15-7-8-19-13/h7-8,10-11,16H,2-6,9H2,1H3. The SMILES string of the molecule is CCOC(=O)C(CSc1nccs1)(NC1CC1)C1CC1. The van der Waals surface area contributed by atoms with Crippen molar-refractivity contribution in [2.45, 2.75) is 48.5 Å². The average Bonchev–Trinajstić information content (AvgIpc) is 3.35. The zero-order chi connectivity index (χ0) is 14.0. The van der Waals surface area contributed by atoms with Gasteiger partial charge in [0.2, 0.25) is 0 Å². The van der Waals surface area contributed by atoms with Crippen molar-refractivity contribution in [3.05, 3.63) is 11.6 Å². The van der Waals surface area contributed by atoms with Gasteiger partial charge in [-0.2, -0.15) is 0 Å². The number of thioether (sulfide) groups is 1. The van der Waals surface area contributed by atoms with Gasteiger partial charge in [-0.3, -0.25) is 10.1 Å². The molecule has 1 N–H and O–H groups in total. The summed E-state index contributed by atoms with van der Waals surface area (Å²) in [5.41, 5.74) is -0.506. The van der Waals surface area contributed by atoms with E-state index in [0.717, 1.165) is 22.9 Å². The molecule has 2 saturated carbocycles. The minimum absolute atomic E-state index is 0.0709. The number of nitrogens with zero attached hydrogens (tertiary/aromatic N) is 1. The normalized spacial score (nSPS) is 21.4. The molecule has 1 heterocycles. The van der Waals surface area contributed by atoms with Crippen molar-refractivity contribution < 1.29 is 9.53 Å². The van der Waals surface area contributed by atoms with Gasteiger partial charge in [-0.05, 0) is 38.5 Å². The smallest absolute Gasteiger partial charge is 0.327 e. The molecule has 110 valence electrons. The van der Waals surface area contributed by atoms with E-state index >= 15 is 0 Å². The third-order valence-corrected chi connectivity index (χ3v) is 5.95. The van der Waals surface area contributed by atoms with E-state index in [9.17, 15) is 4.79 Å². The second-order valence-corrected chi connectivity index (χ2v) is 7.59. The molecular weight excluding hydrogens is 292 g/mol. The van der Waals surface area contributed by atoms with Gasteiger partial charge in [0.05, 0.1) is 6.61 Å². The van der Waals surface area contributed by atoms with Crippen LogP contribution in [0.4, 0.5) is 0 Å². The van der Waals surface area contributed by atoms with Gasteiger partial charge in [-0.15, -0.1) is 11.3 Å². The Morgan fingerprint density at radius 3 is 2.90 bits per heavy atom. The fraction of sp³-hybridized carbons (Fsp3) is 0.714. The molecule has 1 unspecified atom stereocenters. The maximum Gasteiger partial charge on any atom is 0.327 e. The zero-order valence-electron chi connectivity index (χ0n) is 11.6. The van der Waals surface area contributed by atoms with Gasteiger partial charge in [0.1, 0.15) is 9.88 Å². The molecule has 1 aromatic heterocycles. The Hall–Kier alpha value is -0.590. The molecule has 0 amide bonds. The second kappa shape index (κ2) is 6.03. The van der Waals surface area contributed by atoms with Gasteiger partial charge in [-0.1, -0.05) is 11.8 Å². The van der Waals surface area contributed by atoms with Gasteiger partial charge < -0.3 is 4.74 Å². The van der Waals surface area contributed by atoms with Crippen molar-refractivity contribution in [3.8, 4) is 0 Å². The second-order valence-electron chi connectivity index (χ2n) is 5.47. The first kappa shape index (κ1) is 14.4. The Labute approximate surface area is 127 Å². The number of rotatable bonds is 8. The van der Waals surface area contributed by atoms with Gasteiger partial charge in [0.15, 0.2) is 0 Å². The molecule has 0 aromatic carbocycles. The predicted octanol–water partition coefficient (Wildman–Crippen LogP) is 2.70. The van der Waals surface area contributed by atoms with Crippen LogP contribution in [0.25, 0.3) is 0 Å². The first-order valence-electron chi connectivity index (χ1n) is 7.22. The predicted molar refractivity (Wildman–Crippen MR) is 81.1 cm³/mol. The summed E-state index contributed by atoms with van der Waals surface area (Å²) in [4.78, 5) is 16.9. The van der Waals surface area contributed by atoms with Crippen LogP contribution in [0.3, 0.4) is 0 Å². The van der Waals surface area contributed by atoms with E-state index in [1.807, 2.05) is 18.5 Å². The number of hydrogen-bond acceptors (Lipinski definition) is 6. The first-order valence-corrected chi connectivity index (χ1v) is 9.08. The molecule has 1 atom stereocenters. The van der Waals surface area contributed by atoms with E-state index in [0.29, 0.717) is 18.6 Å². The summed E-state index contributed by atoms with van der Waals surface area (Å²) in [6.07, 6.45) is 6.41. The summed E-state index contributed by atoms with van der Waals surface area (Å²) in [5, 5.41) is 5.57. The lowest BCUT2D eigenvalue weighted by molar-refractivity contribution is -0.151. The Balaban J connectivity index is 1.74. The molecule has 0 radical (unpaired) electrons. The van der Waals surface area contributed by atoms with Crippen LogP contribution in [-0.4, -0.2) is 34.9 Å². The maximum atomic E-state index is 12.6. The van der Waals surface area contributed by atoms with Crippen LogP contribution in [0.15, 0.2) is 15.9 Å². The monoisotopic (exact) mass is 312 g/mol. The number of carbonyl (C=O) groups is 1. The molecule has 3 rings (SSSR count). The Morgan fingerprint density at radius 1 is 1.55 bits per heavy atom. The average molecular weight is 312 g/mol. The number of hydrogen-bond donors (Lipinski definition) is 1. The van der Waals surface area contributed by atoms with Gasteiger partial charge >= 0.3 is 5.97 Å². The van der Waals surface area contributed by atoms with Gasteiger partial charge in [-0.25, -0.2) is 4.98 Å². The van der Waals surface area contributed by atoms with Crippen molar-refractivity contribution in [1.29, 1.82) is 0 Å². The fourth-order valence-corrected chi connectivity index (χ4v) is 4.35. The summed E-state index contributed by atoms with van der Waals surface area (Å²) in [6, 6.07) is 0.497. The lowest BCUT2D eigenvalue weighted by Crippen LogP contribution is -2.58. The number of thiazole rings is 1. The lowest BCUT2D eigenvalue weighted by Gasteiger charge is -2.32. The number of nitrogens with one attached hydrogen (secondary N) is 1. The molecule has 2 fully saturated rings. The minimum atomic E-state index is -0.506. The highest BCUT2D eigenvalue weighted by atomic mass is 32.2.